The molecule has 0 aliphatic rings. The minimum absolute atomic E-state index is 0.0129. The van der Waals surface area contributed by atoms with Crippen molar-refractivity contribution in [1.82, 2.24) is 10.1 Å². The van der Waals surface area contributed by atoms with E-state index < -0.39 is 5.97 Å². The van der Waals surface area contributed by atoms with E-state index in [0.29, 0.717) is 18.9 Å². The van der Waals surface area contributed by atoms with E-state index in [-0.39, 0.29) is 5.82 Å². The van der Waals surface area contributed by atoms with Gasteiger partial charge in [0.2, 0.25) is 5.89 Å². The molecule has 1 aromatic heterocycles. The monoisotopic (exact) mass is 260 g/mol. The number of aryl methyl sites for hydroxylation is 3. The summed E-state index contributed by atoms with van der Waals surface area (Å²) >= 11 is 0. The third-order valence-corrected chi connectivity index (χ3v) is 2.64. The van der Waals surface area contributed by atoms with Crippen LogP contribution in [0.1, 0.15) is 34.6 Å². The van der Waals surface area contributed by atoms with E-state index in [1.54, 1.807) is 6.92 Å². The highest BCUT2D eigenvalue weighted by Crippen LogP contribution is 2.08. The van der Waals surface area contributed by atoms with Crippen LogP contribution in [0.5, 0.6) is 0 Å². The largest absolute Gasteiger partial charge is 0.460 e. The molecule has 0 spiro atoms. The predicted molar refractivity (Wildman–Crippen MR) is 68.8 cm³/mol. The Morgan fingerprint density at radius 3 is 2.95 bits per heavy atom. The van der Waals surface area contributed by atoms with Crippen LogP contribution in [0.3, 0.4) is 0 Å². The first-order valence-electron chi connectivity index (χ1n) is 6.24. The molecule has 0 atom stereocenters. The van der Waals surface area contributed by atoms with Crippen molar-refractivity contribution in [2.45, 2.75) is 26.7 Å². The average Bonchev–Trinajstić information content (AvgIpc) is 2.86. The number of esters is 1. The number of rotatable bonds is 5. The summed E-state index contributed by atoms with van der Waals surface area (Å²) in [4.78, 5) is 15.4. The second-order valence-electron chi connectivity index (χ2n) is 4.22. The summed E-state index contributed by atoms with van der Waals surface area (Å²) in [6.07, 6.45) is 1.40. The van der Waals surface area contributed by atoms with Crippen molar-refractivity contribution in [2.24, 2.45) is 0 Å². The molecule has 0 unspecified atom stereocenters. The van der Waals surface area contributed by atoms with Gasteiger partial charge in [0.25, 0.3) is 5.82 Å². The van der Waals surface area contributed by atoms with Crippen molar-refractivity contribution in [3.8, 4) is 0 Å². The fraction of sp³-hybridized carbons (Fsp3) is 0.357. The molecule has 0 radical (unpaired) electrons. The van der Waals surface area contributed by atoms with E-state index in [0.717, 1.165) is 6.42 Å². The molecule has 0 aliphatic heterocycles. The van der Waals surface area contributed by atoms with Crippen LogP contribution in [-0.4, -0.2) is 22.7 Å². The van der Waals surface area contributed by atoms with Gasteiger partial charge >= 0.3 is 5.97 Å². The summed E-state index contributed by atoms with van der Waals surface area (Å²) in [6.45, 7) is 4.08. The highest BCUT2D eigenvalue weighted by molar-refractivity contribution is 5.84. The molecule has 5 heteroatoms. The van der Waals surface area contributed by atoms with Crippen LogP contribution in [0, 0.1) is 6.92 Å². The zero-order chi connectivity index (χ0) is 13.7. The van der Waals surface area contributed by atoms with Gasteiger partial charge in [-0.25, -0.2) is 4.79 Å². The Morgan fingerprint density at radius 1 is 1.37 bits per heavy atom. The van der Waals surface area contributed by atoms with E-state index in [1.807, 2.05) is 6.07 Å². The average molecular weight is 260 g/mol. The zero-order valence-electron chi connectivity index (χ0n) is 11.0. The second-order valence-corrected chi connectivity index (χ2v) is 4.22. The first kappa shape index (κ1) is 13.3. The first-order valence-corrected chi connectivity index (χ1v) is 6.24. The third-order valence-electron chi connectivity index (χ3n) is 2.64. The maximum Gasteiger partial charge on any atom is 0.379 e. The smallest absolute Gasteiger partial charge is 0.379 e. The van der Waals surface area contributed by atoms with Crippen molar-refractivity contribution < 1.29 is 14.1 Å². The Balaban J connectivity index is 1.95. The Morgan fingerprint density at radius 2 is 2.21 bits per heavy atom. The van der Waals surface area contributed by atoms with Gasteiger partial charge in [-0.1, -0.05) is 29.8 Å². The van der Waals surface area contributed by atoms with Gasteiger partial charge in [0.15, 0.2) is 0 Å². The van der Waals surface area contributed by atoms with Gasteiger partial charge in [0.05, 0.1) is 6.61 Å². The molecular weight excluding hydrogens is 244 g/mol. The van der Waals surface area contributed by atoms with Crippen LogP contribution in [0.25, 0.3) is 0 Å². The number of ether oxygens (including phenoxy) is 1. The van der Waals surface area contributed by atoms with Crippen molar-refractivity contribution >= 4 is 5.97 Å². The SMILES string of the molecule is CCOC(=O)c1noc(CCc2cccc(C)c2)n1. The molecule has 5 nitrogen and oxygen atoms in total. The van der Waals surface area contributed by atoms with E-state index >= 15 is 0 Å². The highest BCUT2D eigenvalue weighted by atomic mass is 16.5. The Kier molecular flexibility index (Phi) is 4.28. The topological polar surface area (TPSA) is 65.2 Å². The number of carbonyl (C=O) groups excluding carboxylic acids is 1. The Labute approximate surface area is 111 Å². The van der Waals surface area contributed by atoms with Gasteiger partial charge in [-0.2, -0.15) is 4.98 Å². The molecule has 1 aromatic carbocycles. The van der Waals surface area contributed by atoms with Crippen LogP contribution in [-0.2, 0) is 17.6 Å². The fourth-order valence-corrected chi connectivity index (χ4v) is 1.75. The van der Waals surface area contributed by atoms with Crippen molar-refractivity contribution in [3.63, 3.8) is 0 Å². The maximum atomic E-state index is 11.4. The lowest BCUT2D eigenvalue weighted by Gasteiger charge is -1.99. The van der Waals surface area contributed by atoms with Crippen LogP contribution in [0.15, 0.2) is 28.8 Å². The van der Waals surface area contributed by atoms with Gasteiger partial charge in [-0.15, -0.1) is 0 Å². The number of hydrogen-bond acceptors (Lipinski definition) is 5. The molecule has 0 saturated carbocycles. The van der Waals surface area contributed by atoms with Crippen molar-refractivity contribution in [2.75, 3.05) is 6.61 Å². The van der Waals surface area contributed by atoms with Gasteiger partial charge in [0, 0.05) is 6.42 Å². The number of nitrogens with zero attached hydrogens (tertiary/aromatic N) is 2. The number of benzene rings is 1. The third kappa shape index (κ3) is 3.64. The lowest BCUT2D eigenvalue weighted by atomic mass is 10.1. The lowest BCUT2D eigenvalue weighted by Crippen LogP contribution is -2.06. The van der Waals surface area contributed by atoms with Crippen molar-refractivity contribution in [3.05, 3.63) is 47.1 Å². The summed E-state index contributed by atoms with van der Waals surface area (Å²) in [5.74, 6) is -0.112. The molecule has 19 heavy (non-hydrogen) atoms. The van der Waals surface area contributed by atoms with Gasteiger partial charge < -0.3 is 9.26 Å². The Bertz CT molecular complexity index is 563. The molecule has 1 heterocycles. The molecule has 0 amide bonds. The number of carbonyl (C=O) groups is 1. The van der Waals surface area contributed by atoms with E-state index in [4.69, 9.17) is 9.26 Å². The fourth-order valence-electron chi connectivity index (χ4n) is 1.75. The molecule has 2 rings (SSSR count). The molecule has 0 fully saturated rings. The van der Waals surface area contributed by atoms with Crippen LogP contribution in [0.2, 0.25) is 0 Å². The standard InChI is InChI=1S/C14H16N2O3/c1-3-18-14(17)13-15-12(19-16-13)8-7-11-6-4-5-10(2)9-11/h4-6,9H,3,7-8H2,1-2H3. The van der Waals surface area contributed by atoms with E-state index in [9.17, 15) is 4.79 Å². The number of hydrogen-bond donors (Lipinski definition) is 0. The summed E-state index contributed by atoms with van der Waals surface area (Å²) in [5, 5.41) is 3.60. The van der Waals surface area contributed by atoms with E-state index in [1.165, 1.54) is 11.1 Å². The minimum Gasteiger partial charge on any atom is -0.460 e. The molecule has 0 aliphatic carbocycles. The molecule has 0 bridgehead atoms. The summed E-state index contributed by atoms with van der Waals surface area (Å²) in [5.41, 5.74) is 2.42. The second kappa shape index (κ2) is 6.13. The molecule has 100 valence electrons. The summed E-state index contributed by atoms with van der Waals surface area (Å²) < 4.78 is 9.82. The van der Waals surface area contributed by atoms with Crippen LogP contribution < -0.4 is 0 Å². The normalized spacial score (nSPS) is 10.4. The number of aromatic nitrogens is 2. The van der Waals surface area contributed by atoms with Gasteiger partial charge in [0.1, 0.15) is 0 Å². The molecule has 0 N–H and O–H groups in total. The first-order chi connectivity index (χ1) is 9.19. The molecule has 0 saturated heterocycles. The minimum atomic E-state index is -0.548. The van der Waals surface area contributed by atoms with Gasteiger partial charge in [-0.3, -0.25) is 0 Å². The highest BCUT2D eigenvalue weighted by Gasteiger charge is 2.15. The van der Waals surface area contributed by atoms with Crippen LogP contribution >= 0.6 is 0 Å². The van der Waals surface area contributed by atoms with E-state index in [2.05, 4.69) is 35.3 Å². The lowest BCUT2D eigenvalue weighted by molar-refractivity contribution is 0.0508. The zero-order valence-corrected chi connectivity index (χ0v) is 11.0. The Hall–Kier alpha value is -2.17. The van der Waals surface area contributed by atoms with Gasteiger partial charge in [-0.05, 0) is 31.0 Å². The summed E-state index contributed by atoms with van der Waals surface area (Å²) in [6, 6.07) is 8.23. The van der Waals surface area contributed by atoms with Crippen molar-refractivity contribution in [1.29, 1.82) is 0 Å². The quantitative estimate of drug-likeness (QED) is 0.772. The summed E-state index contributed by atoms with van der Waals surface area (Å²) in [7, 11) is 0. The molecule has 2 aromatic rings. The predicted octanol–water partition coefficient (Wildman–Crippen LogP) is 2.34. The molecular formula is C14H16N2O3. The van der Waals surface area contributed by atoms with Crippen LogP contribution in [0.4, 0.5) is 0 Å². The maximum absolute atomic E-state index is 11.4.